The van der Waals surface area contributed by atoms with Gasteiger partial charge in [-0.1, -0.05) is 166 Å². The van der Waals surface area contributed by atoms with Crippen molar-refractivity contribution >= 4 is 77.0 Å². The van der Waals surface area contributed by atoms with Crippen molar-refractivity contribution in [3.63, 3.8) is 0 Å². The zero-order valence-electron chi connectivity index (χ0n) is 36.7. The minimum absolute atomic E-state index is 0.115. The van der Waals surface area contributed by atoms with Gasteiger partial charge < -0.3 is 13.9 Å². The van der Waals surface area contributed by atoms with E-state index in [2.05, 4.69) is 252 Å². The summed E-state index contributed by atoms with van der Waals surface area (Å²) in [6.45, 7) is 4.72. The molecular weight excluding hydrogens is 799 g/mol. The van der Waals surface area contributed by atoms with Gasteiger partial charge in [-0.05, 0) is 117 Å². The Morgan fingerprint density at radius 3 is 1.45 bits per heavy atom. The molecule has 3 aromatic heterocycles. The first-order valence-corrected chi connectivity index (χ1v) is 23.0. The summed E-state index contributed by atoms with van der Waals surface area (Å²) in [5.41, 5.74) is 20.8. The topological polar surface area (TPSA) is 12.6 Å². The number of anilines is 3. The fourth-order valence-electron chi connectivity index (χ4n) is 11.5. The molecule has 310 valence electrons. The van der Waals surface area contributed by atoms with Gasteiger partial charge in [0, 0.05) is 60.5 Å². The van der Waals surface area contributed by atoms with Crippen LogP contribution in [0.5, 0.6) is 0 Å². The number of fused-ring (bicyclic) bond motifs is 12. The van der Waals surface area contributed by atoms with Crippen molar-refractivity contribution < 1.29 is 0 Å². The van der Waals surface area contributed by atoms with Crippen molar-refractivity contribution in [3.8, 4) is 39.1 Å². The first-order chi connectivity index (χ1) is 32.5. The Bertz CT molecular complexity index is 4000. The molecule has 0 amide bonds. The SMILES string of the molecule is CC1(C)c2ccccc2-c2ccc(N(c3ccc(-c4ccc(-n5c6ccccc6c6ccccc65)cc4)cc3)c3ccc(-c4ccc5c6cccc7c8ccccc8n(c5c4)c76)cc3)cc21. The van der Waals surface area contributed by atoms with Crippen LogP contribution in [0, 0.1) is 0 Å². The summed E-state index contributed by atoms with van der Waals surface area (Å²) in [6.07, 6.45) is 0. The molecule has 0 saturated carbocycles. The number of hydrogen-bond donors (Lipinski definition) is 0. The number of rotatable bonds is 6. The van der Waals surface area contributed by atoms with Gasteiger partial charge in [0.05, 0.1) is 27.6 Å². The zero-order chi connectivity index (χ0) is 43.7. The lowest BCUT2D eigenvalue weighted by molar-refractivity contribution is 0.660. The quantitative estimate of drug-likeness (QED) is 0.162. The molecule has 0 radical (unpaired) electrons. The predicted octanol–water partition coefficient (Wildman–Crippen LogP) is 17.0. The van der Waals surface area contributed by atoms with Crippen LogP contribution in [0.2, 0.25) is 0 Å². The molecule has 66 heavy (non-hydrogen) atoms. The molecule has 1 aliphatic rings. The van der Waals surface area contributed by atoms with E-state index in [1.165, 1.54) is 104 Å². The fraction of sp³-hybridized carbons (Fsp3) is 0.0476. The molecule has 14 rings (SSSR count). The lowest BCUT2D eigenvalue weighted by atomic mass is 9.82. The van der Waals surface area contributed by atoms with Gasteiger partial charge in [-0.2, -0.15) is 0 Å². The standard InChI is InChI=1S/C63H43N3/c1-63(2)56-18-7-3-12-48(56)49-37-35-47(39-57(49)63)64(44-29-22-40(23-30-44)41-24-33-46(34-25-41)65-58-19-8-4-13-50(58)51-14-5-9-20-59(51)65)45-31-26-42(27-32-45)43-28-36-53-55-17-11-16-54-52-15-6-10-21-60(52)66(62(54)55)61(53)38-43/h3-39H,1-2H3. The molecule has 1 aliphatic carbocycles. The highest BCUT2D eigenvalue weighted by Gasteiger charge is 2.35. The normalized spacial score (nSPS) is 13.1. The average molecular weight is 842 g/mol. The molecule has 0 unspecified atom stereocenters. The van der Waals surface area contributed by atoms with Crippen molar-refractivity contribution in [2.24, 2.45) is 0 Å². The first kappa shape index (κ1) is 37.0. The van der Waals surface area contributed by atoms with E-state index in [4.69, 9.17) is 0 Å². The molecule has 13 aromatic rings. The summed E-state index contributed by atoms with van der Waals surface area (Å²) in [6, 6.07) is 83.0. The fourth-order valence-corrected chi connectivity index (χ4v) is 11.5. The predicted molar refractivity (Wildman–Crippen MR) is 279 cm³/mol. The van der Waals surface area contributed by atoms with Crippen molar-refractivity contribution in [3.05, 3.63) is 236 Å². The second kappa shape index (κ2) is 13.8. The van der Waals surface area contributed by atoms with Crippen LogP contribution in [-0.4, -0.2) is 8.97 Å². The highest BCUT2D eigenvalue weighted by molar-refractivity contribution is 6.23. The smallest absolute Gasteiger partial charge is 0.0620 e. The van der Waals surface area contributed by atoms with Gasteiger partial charge in [-0.15, -0.1) is 0 Å². The number of benzene rings is 10. The van der Waals surface area contributed by atoms with Gasteiger partial charge >= 0.3 is 0 Å². The van der Waals surface area contributed by atoms with Gasteiger partial charge in [-0.25, -0.2) is 0 Å². The van der Waals surface area contributed by atoms with Crippen LogP contribution in [-0.2, 0) is 5.41 Å². The third kappa shape index (κ3) is 5.26. The maximum absolute atomic E-state index is 2.46. The molecule has 10 aromatic carbocycles. The Balaban J connectivity index is 0.850. The lowest BCUT2D eigenvalue weighted by Crippen LogP contribution is -2.16. The van der Waals surface area contributed by atoms with E-state index in [-0.39, 0.29) is 5.41 Å². The maximum Gasteiger partial charge on any atom is 0.0620 e. The van der Waals surface area contributed by atoms with E-state index >= 15 is 0 Å². The van der Waals surface area contributed by atoms with Crippen LogP contribution in [0.1, 0.15) is 25.0 Å². The molecule has 0 N–H and O–H groups in total. The van der Waals surface area contributed by atoms with Gasteiger partial charge in [0.25, 0.3) is 0 Å². The molecule has 0 spiro atoms. The van der Waals surface area contributed by atoms with Crippen LogP contribution < -0.4 is 4.90 Å². The molecule has 0 aliphatic heterocycles. The number of aromatic nitrogens is 2. The van der Waals surface area contributed by atoms with Crippen LogP contribution in [0.25, 0.3) is 99.0 Å². The highest BCUT2D eigenvalue weighted by Crippen LogP contribution is 2.51. The maximum atomic E-state index is 2.46. The van der Waals surface area contributed by atoms with Crippen molar-refractivity contribution in [2.75, 3.05) is 4.90 Å². The van der Waals surface area contributed by atoms with Crippen LogP contribution >= 0.6 is 0 Å². The summed E-state index contributed by atoms with van der Waals surface area (Å²) < 4.78 is 4.84. The van der Waals surface area contributed by atoms with E-state index in [1.54, 1.807) is 0 Å². The third-order valence-corrected chi connectivity index (χ3v) is 14.7. The highest BCUT2D eigenvalue weighted by atomic mass is 15.1. The summed E-state index contributed by atoms with van der Waals surface area (Å²) in [7, 11) is 0. The van der Waals surface area contributed by atoms with E-state index in [0.717, 1.165) is 22.7 Å². The van der Waals surface area contributed by atoms with E-state index in [1.807, 2.05) is 0 Å². The molecule has 0 fully saturated rings. The van der Waals surface area contributed by atoms with Crippen LogP contribution in [0.4, 0.5) is 17.1 Å². The summed E-state index contributed by atoms with van der Waals surface area (Å²) >= 11 is 0. The summed E-state index contributed by atoms with van der Waals surface area (Å²) in [5.74, 6) is 0. The molecule has 0 atom stereocenters. The third-order valence-electron chi connectivity index (χ3n) is 14.7. The minimum Gasteiger partial charge on any atom is -0.310 e. The van der Waals surface area contributed by atoms with Crippen LogP contribution in [0.15, 0.2) is 224 Å². The monoisotopic (exact) mass is 841 g/mol. The Labute approximate surface area is 383 Å². The van der Waals surface area contributed by atoms with E-state index in [9.17, 15) is 0 Å². The Morgan fingerprint density at radius 2 is 0.803 bits per heavy atom. The summed E-state index contributed by atoms with van der Waals surface area (Å²) in [5, 5.41) is 7.75. The van der Waals surface area contributed by atoms with Crippen LogP contribution in [0.3, 0.4) is 0 Å². The Hall–Kier alpha value is -8.40. The zero-order valence-corrected chi connectivity index (χ0v) is 36.7. The van der Waals surface area contributed by atoms with Crippen molar-refractivity contribution in [1.29, 1.82) is 0 Å². The Morgan fingerprint density at radius 1 is 0.333 bits per heavy atom. The molecule has 3 heteroatoms. The van der Waals surface area contributed by atoms with Gasteiger partial charge in [0.1, 0.15) is 0 Å². The first-order valence-electron chi connectivity index (χ1n) is 23.0. The largest absolute Gasteiger partial charge is 0.310 e. The summed E-state index contributed by atoms with van der Waals surface area (Å²) in [4.78, 5) is 2.42. The number of nitrogens with zero attached hydrogens (tertiary/aromatic N) is 3. The molecule has 0 bridgehead atoms. The van der Waals surface area contributed by atoms with Gasteiger partial charge in [0.15, 0.2) is 0 Å². The second-order valence-corrected chi connectivity index (χ2v) is 18.5. The van der Waals surface area contributed by atoms with Crippen molar-refractivity contribution in [1.82, 2.24) is 8.97 Å². The minimum atomic E-state index is -0.115. The van der Waals surface area contributed by atoms with Gasteiger partial charge in [0.2, 0.25) is 0 Å². The molecule has 3 heterocycles. The lowest BCUT2D eigenvalue weighted by Gasteiger charge is -2.28. The van der Waals surface area contributed by atoms with E-state index < -0.39 is 0 Å². The molecule has 0 saturated heterocycles. The van der Waals surface area contributed by atoms with E-state index in [0.29, 0.717) is 0 Å². The number of para-hydroxylation sites is 4. The second-order valence-electron chi connectivity index (χ2n) is 18.5. The average Bonchev–Trinajstić information content (AvgIpc) is 4.08. The molecular formula is C63H43N3. The molecule has 3 nitrogen and oxygen atoms in total. The Kier molecular flexibility index (Phi) is 7.74. The van der Waals surface area contributed by atoms with Gasteiger partial charge in [-0.3, -0.25) is 0 Å². The number of hydrogen-bond acceptors (Lipinski definition) is 1. The van der Waals surface area contributed by atoms with Crippen molar-refractivity contribution in [2.45, 2.75) is 19.3 Å².